The summed E-state index contributed by atoms with van der Waals surface area (Å²) in [5.41, 5.74) is 7.77. The smallest absolute Gasteiger partial charge is 0.416 e. The Bertz CT molecular complexity index is 1880. The van der Waals surface area contributed by atoms with Gasteiger partial charge in [0.1, 0.15) is 17.7 Å². The number of rotatable bonds is 9. The number of hydrogen-bond acceptors (Lipinski definition) is 9. The molecule has 2 saturated heterocycles. The fourth-order valence-electron chi connectivity index (χ4n) is 6.30. The van der Waals surface area contributed by atoms with E-state index < -0.39 is 23.8 Å². The summed E-state index contributed by atoms with van der Waals surface area (Å²) in [4.78, 5) is 37.2. The number of fused-ring (bicyclic) bond motifs is 1. The second-order valence-electron chi connectivity index (χ2n) is 12.4. The topological polar surface area (TPSA) is 135 Å². The normalized spacial score (nSPS) is 16.8. The molecule has 2 aliphatic heterocycles. The Labute approximate surface area is 281 Å². The molecule has 1 aromatic heterocycles. The number of halogens is 3. The van der Waals surface area contributed by atoms with E-state index in [9.17, 15) is 22.8 Å². The van der Waals surface area contributed by atoms with Crippen LogP contribution in [0.4, 0.5) is 35.2 Å². The van der Waals surface area contributed by atoms with Crippen molar-refractivity contribution in [3.8, 4) is 11.5 Å². The molecule has 49 heavy (non-hydrogen) atoms. The Morgan fingerprint density at radius 1 is 1.04 bits per heavy atom. The number of aromatic nitrogens is 2. The zero-order chi connectivity index (χ0) is 34.9. The number of aryl methyl sites for hydroxylation is 1. The van der Waals surface area contributed by atoms with Crippen LogP contribution in [0.15, 0.2) is 54.6 Å². The van der Waals surface area contributed by atoms with Crippen LogP contribution in [0.2, 0.25) is 0 Å². The number of para-hydroxylation sites is 1. The molecule has 0 bridgehead atoms. The summed E-state index contributed by atoms with van der Waals surface area (Å²) in [6, 6.07) is 13.8. The number of ether oxygens (including phenoxy) is 2. The van der Waals surface area contributed by atoms with Gasteiger partial charge in [-0.3, -0.25) is 19.9 Å². The molecule has 4 aromatic rings. The van der Waals surface area contributed by atoms with Gasteiger partial charge in [-0.25, -0.2) is 14.8 Å². The molecule has 3 aromatic carbocycles. The summed E-state index contributed by atoms with van der Waals surface area (Å²) in [5, 5.41) is 6.28. The summed E-state index contributed by atoms with van der Waals surface area (Å²) >= 11 is 0. The van der Waals surface area contributed by atoms with Gasteiger partial charge in [-0.2, -0.15) is 13.2 Å². The average Bonchev–Trinajstić information content (AvgIpc) is 3.05. The van der Waals surface area contributed by atoms with E-state index in [1.54, 1.807) is 38.0 Å². The van der Waals surface area contributed by atoms with E-state index in [4.69, 9.17) is 15.2 Å². The minimum Gasteiger partial charge on any atom is -0.493 e. The fraction of sp³-hybridized carbons (Fsp3) is 0.371. The summed E-state index contributed by atoms with van der Waals surface area (Å²) in [7, 11) is 1.56. The largest absolute Gasteiger partial charge is 0.493 e. The Kier molecular flexibility index (Phi) is 9.50. The first-order valence-corrected chi connectivity index (χ1v) is 16.1. The standard InChI is InChI=1S/C35H38F3N7O4/c1-20(23-14-24(35(36,37)38)16-25(39)15-23)40-33-27-17-31(30(48-3)18-28(27)41-21(2)42-33)49-26-8-11-44(12-9-26)19-22-6-4-5-7-29(22)45-13-10-32(46)43-34(45)47/h4-7,14-18,20,26H,8-13,19,39H2,1-3H3,(H,40,41,42)(H,43,46,47)/t20-/m1/s1. The third-order valence-corrected chi connectivity index (χ3v) is 8.81. The molecule has 0 aliphatic carbocycles. The number of benzene rings is 3. The number of imide groups is 1. The molecule has 14 heteroatoms. The van der Waals surface area contributed by atoms with Gasteiger partial charge in [0.15, 0.2) is 11.5 Å². The maximum Gasteiger partial charge on any atom is 0.416 e. The van der Waals surface area contributed by atoms with Crippen molar-refractivity contribution >= 4 is 40.0 Å². The van der Waals surface area contributed by atoms with Crippen molar-refractivity contribution in [2.75, 3.05) is 42.7 Å². The molecule has 0 unspecified atom stereocenters. The molecule has 0 saturated carbocycles. The molecule has 2 fully saturated rings. The number of piperidine rings is 1. The molecule has 4 N–H and O–H groups in total. The number of urea groups is 1. The van der Waals surface area contributed by atoms with Crippen molar-refractivity contribution in [2.24, 2.45) is 0 Å². The Morgan fingerprint density at radius 2 is 1.80 bits per heavy atom. The summed E-state index contributed by atoms with van der Waals surface area (Å²) in [5.74, 6) is 1.67. The number of alkyl halides is 3. The van der Waals surface area contributed by atoms with Crippen LogP contribution >= 0.6 is 0 Å². The number of hydrogen-bond donors (Lipinski definition) is 3. The van der Waals surface area contributed by atoms with Crippen molar-refractivity contribution in [1.82, 2.24) is 20.2 Å². The maximum absolute atomic E-state index is 13.5. The van der Waals surface area contributed by atoms with E-state index in [-0.39, 0.29) is 24.1 Å². The number of anilines is 3. The average molecular weight is 678 g/mol. The quantitative estimate of drug-likeness (QED) is 0.177. The number of nitrogen functional groups attached to an aromatic ring is 1. The summed E-state index contributed by atoms with van der Waals surface area (Å²) < 4.78 is 52.6. The van der Waals surface area contributed by atoms with Gasteiger partial charge in [0.25, 0.3) is 0 Å². The van der Waals surface area contributed by atoms with Crippen molar-refractivity contribution in [2.45, 2.75) is 58.0 Å². The highest BCUT2D eigenvalue weighted by Gasteiger charge is 2.32. The molecule has 1 atom stereocenters. The van der Waals surface area contributed by atoms with E-state index >= 15 is 0 Å². The number of nitrogens with one attached hydrogen (secondary N) is 2. The van der Waals surface area contributed by atoms with Crippen LogP contribution in [0.1, 0.15) is 54.7 Å². The SMILES string of the molecule is COc1cc2nc(C)nc(N[C@H](C)c3cc(N)cc(C(F)(F)F)c3)c2cc1OC1CCN(Cc2ccccc2N2CCC(=O)NC2=O)CC1. The lowest BCUT2D eigenvalue weighted by atomic mass is 10.0. The first-order valence-electron chi connectivity index (χ1n) is 16.1. The van der Waals surface area contributed by atoms with Crippen LogP contribution in [-0.4, -0.2) is 59.7 Å². The second kappa shape index (κ2) is 13.8. The molecule has 11 nitrogen and oxygen atoms in total. The van der Waals surface area contributed by atoms with Gasteiger partial charge in [0.05, 0.1) is 24.2 Å². The van der Waals surface area contributed by atoms with Gasteiger partial charge in [-0.15, -0.1) is 0 Å². The van der Waals surface area contributed by atoms with Crippen LogP contribution in [0.3, 0.4) is 0 Å². The first kappa shape index (κ1) is 33.8. The van der Waals surface area contributed by atoms with E-state index in [1.165, 1.54) is 6.07 Å². The highest BCUT2D eigenvalue weighted by molar-refractivity contribution is 6.05. The van der Waals surface area contributed by atoms with Gasteiger partial charge in [0.2, 0.25) is 5.91 Å². The van der Waals surface area contributed by atoms with E-state index in [0.717, 1.165) is 49.3 Å². The molecule has 258 valence electrons. The Hall–Kier alpha value is -5.11. The van der Waals surface area contributed by atoms with Crippen LogP contribution < -0.4 is 30.7 Å². The zero-order valence-electron chi connectivity index (χ0n) is 27.4. The fourth-order valence-corrected chi connectivity index (χ4v) is 6.30. The molecule has 0 radical (unpaired) electrons. The van der Waals surface area contributed by atoms with Crippen LogP contribution in [0.25, 0.3) is 10.9 Å². The minimum absolute atomic E-state index is 0.0185. The lowest BCUT2D eigenvalue weighted by Gasteiger charge is -2.34. The molecule has 0 spiro atoms. The Balaban J connectivity index is 1.17. The summed E-state index contributed by atoms with van der Waals surface area (Å²) in [6.45, 7) is 5.97. The number of amides is 3. The molecule has 3 amide bonds. The van der Waals surface area contributed by atoms with Gasteiger partial charge >= 0.3 is 12.2 Å². The minimum atomic E-state index is -4.53. The third kappa shape index (κ3) is 7.64. The number of nitrogens with two attached hydrogens (primary N) is 1. The van der Waals surface area contributed by atoms with Crippen molar-refractivity contribution in [3.63, 3.8) is 0 Å². The molecular formula is C35H38F3N7O4. The predicted octanol–water partition coefficient (Wildman–Crippen LogP) is 6.21. The van der Waals surface area contributed by atoms with Gasteiger partial charge in [0, 0.05) is 55.4 Å². The lowest BCUT2D eigenvalue weighted by Crippen LogP contribution is -2.50. The number of likely N-dealkylation sites (tertiary alicyclic amines) is 1. The van der Waals surface area contributed by atoms with Crippen molar-refractivity contribution < 1.29 is 32.2 Å². The maximum atomic E-state index is 13.5. The van der Waals surface area contributed by atoms with E-state index in [0.29, 0.717) is 52.7 Å². The number of carbonyl (C=O) groups excluding carboxylic acids is 2. The Morgan fingerprint density at radius 3 is 2.51 bits per heavy atom. The third-order valence-electron chi connectivity index (χ3n) is 8.81. The molecule has 3 heterocycles. The van der Waals surface area contributed by atoms with Gasteiger partial charge in [-0.05, 0) is 68.1 Å². The highest BCUT2D eigenvalue weighted by atomic mass is 19.4. The predicted molar refractivity (Wildman–Crippen MR) is 180 cm³/mol. The lowest BCUT2D eigenvalue weighted by molar-refractivity contribution is -0.137. The number of methoxy groups -OCH3 is 1. The highest BCUT2D eigenvalue weighted by Crippen LogP contribution is 2.38. The van der Waals surface area contributed by atoms with Crippen LogP contribution in [0.5, 0.6) is 11.5 Å². The van der Waals surface area contributed by atoms with E-state index in [2.05, 4.69) is 25.5 Å². The monoisotopic (exact) mass is 677 g/mol. The first-order chi connectivity index (χ1) is 23.4. The van der Waals surface area contributed by atoms with E-state index in [1.807, 2.05) is 24.3 Å². The molecule has 2 aliphatic rings. The van der Waals surface area contributed by atoms with Gasteiger partial charge in [-0.1, -0.05) is 18.2 Å². The van der Waals surface area contributed by atoms with Gasteiger partial charge < -0.3 is 20.5 Å². The summed E-state index contributed by atoms with van der Waals surface area (Å²) in [6.07, 6.45) is -2.89. The molecular weight excluding hydrogens is 639 g/mol. The van der Waals surface area contributed by atoms with Crippen LogP contribution in [-0.2, 0) is 17.5 Å². The number of nitrogens with zero attached hydrogens (tertiary/aromatic N) is 4. The second-order valence-corrected chi connectivity index (χ2v) is 12.4. The van der Waals surface area contributed by atoms with Crippen LogP contribution in [0, 0.1) is 6.92 Å². The van der Waals surface area contributed by atoms with Crippen molar-refractivity contribution in [1.29, 1.82) is 0 Å². The van der Waals surface area contributed by atoms with Crippen molar-refractivity contribution in [3.05, 3.63) is 77.1 Å². The zero-order valence-corrected chi connectivity index (χ0v) is 27.4. The number of carbonyl (C=O) groups is 2. The molecule has 6 rings (SSSR count).